The van der Waals surface area contributed by atoms with E-state index in [9.17, 15) is 41.4 Å². The van der Waals surface area contributed by atoms with Crippen LogP contribution in [-0.2, 0) is 31.0 Å². The molecule has 0 fully saturated rings. The number of carboxylic acids is 1. The number of rotatable bonds is 12. The predicted octanol–water partition coefficient (Wildman–Crippen LogP) is -0.761. The van der Waals surface area contributed by atoms with Crippen molar-refractivity contribution in [3.63, 3.8) is 0 Å². The molecule has 0 aliphatic carbocycles. The standard InChI is InChI=1S/C24H24N4O12S2/c1-13-3-6-20(39-2)18(9-13)26-27-21-16(24(32)33)11-19(30)22(23(21)31)28-25-17-10-15(5-4-14(17)12-29)41(34,35)8-7-40-42(36,37)38/h3-6,9-11,25-26,29H,7-8,12H2,1-2H3,(H,32,33)(H,36,37,38). The Morgan fingerprint density at radius 1 is 0.952 bits per heavy atom. The number of hydrogen-bond acceptors (Lipinski definition) is 14. The molecule has 0 unspecified atom stereocenters. The highest BCUT2D eigenvalue weighted by Gasteiger charge is 2.19. The van der Waals surface area contributed by atoms with Crippen LogP contribution in [0.4, 0.5) is 11.4 Å². The second-order valence-electron chi connectivity index (χ2n) is 8.45. The number of sulfone groups is 1. The van der Waals surface area contributed by atoms with Crippen LogP contribution in [0.1, 0.15) is 21.5 Å². The Balaban J connectivity index is 2.08. The molecule has 5 N–H and O–H groups in total. The van der Waals surface area contributed by atoms with Gasteiger partial charge in [0.05, 0.1) is 47.9 Å². The van der Waals surface area contributed by atoms with Crippen molar-refractivity contribution in [2.75, 3.05) is 30.3 Å². The molecule has 0 radical (unpaired) electrons. The first-order chi connectivity index (χ1) is 19.7. The van der Waals surface area contributed by atoms with E-state index in [0.717, 1.165) is 17.7 Å². The Bertz CT molecular complexity index is 1970. The molecule has 18 heteroatoms. The maximum atomic E-state index is 13.2. The minimum absolute atomic E-state index is 0.0899. The van der Waals surface area contributed by atoms with E-state index in [2.05, 4.69) is 25.2 Å². The van der Waals surface area contributed by atoms with E-state index >= 15 is 0 Å². The van der Waals surface area contributed by atoms with Crippen molar-refractivity contribution in [1.82, 2.24) is 0 Å². The molecule has 0 heterocycles. The van der Waals surface area contributed by atoms with Crippen molar-refractivity contribution >= 4 is 37.6 Å². The van der Waals surface area contributed by atoms with Crippen LogP contribution in [-0.4, -0.2) is 57.0 Å². The summed E-state index contributed by atoms with van der Waals surface area (Å²) >= 11 is 0. The van der Waals surface area contributed by atoms with Crippen LogP contribution in [0, 0.1) is 6.92 Å². The van der Waals surface area contributed by atoms with Crippen LogP contribution in [0.3, 0.4) is 0 Å². The number of aliphatic hydroxyl groups excluding tert-OH is 1. The summed E-state index contributed by atoms with van der Waals surface area (Å²) in [7, 11) is -7.66. The van der Waals surface area contributed by atoms with Crippen molar-refractivity contribution < 1.29 is 45.3 Å². The molecule has 0 spiro atoms. The van der Waals surface area contributed by atoms with E-state index in [1.807, 2.05) is 0 Å². The summed E-state index contributed by atoms with van der Waals surface area (Å²) in [5.74, 6) is -2.13. The molecule has 3 aromatic rings. The fourth-order valence-corrected chi connectivity index (χ4v) is 5.00. The topological polar surface area (TPSA) is 247 Å². The first-order valence-electron chi connectivity index (χ1n) is 11.6. The van der Waals surface area contributed by atoms with Gasteiger partial charge in [0.1, 0.15) is 11.1 Å². The highest BCUT2D eigenvalue weighted by atomic mass is 32.3. The zero-order chi connectivity index (χ0) is 31.2. The molecule has 16 nitrogen and oxygen atoms in total. The Morgan fingerprint density at radius 2 is 1.62 bits per heavy atom. The van der Waals surface area contributed by atoms with Gasteiger partial charge in [-0.15, -0.1) is 0 Å². The number of aryl methyl sites for hydroxylation is 1. The number of benzene rings is 3. The van der Waals surface area contributed by atoms with Gasteiger partial charge in [-0.3, -0.25) is 25.0 Å². The second kappa shape index (κ2) is 13.0. The van der Waals surface area contributed by atoms with Crippen LogP contribution < -0.4 is 37.2 Å². The second-order valence-corrected chi connectivity index (χ2v) is 11.7. The summed E-state index contributed by atoms with van der Waals surface area (Å²) in [5.41, 5.74) is 2.93. The van der Waals surface area contributed by atoms with Crippen molar-refractivity contribution in [2.45, 2.75) is 18.4 Å². The van der Waals surface area contributed by atoms with Crippen molar-refractivity contribution in [3.05, 3.63) is 90.3 Å². The van der Waals surface area contributed by atoms with Gasteiger partial charge in [-0.1, -0.05) is 12.1 Å². The maximum Gasteiger partial charge on any atom is 0.397 e. The highest BCUT2D eigenvalue weighted by molar-refractivity contribution is 7.91. The molecule has 3 rings (SSSR count). The first-order valence-corrected chi connectivity index (χ1v) is 14.6. The molecule has 42 heavy (non-hydrogen) atoms. The number of aliphatic hydroxyl groups is 1. The van der Waals surface area contributed by atoms with Crippen molar-refractivity contribution in [1.29, 1.82) is 0 Å². The van der Waals surface area contributed by atoms with Gasteiger partial charge in [0.15, 0.2) is 15.2 Å². The number of hydrogen-bond donors (Lipinski definition) is 5. The summed E-state index contributed by atoms with van der Waals surface area (Å²) in [6.45, 7) is 0.258. The lowest BCUT2D eigenvalue weighted by Crippen LogP contribution is -2.50. The minimum atomic E-state index is -4.87. The van der Waals surface area contributed by atoms with E-state index in [-0.39, 0.29) is 16.1 Å². The van der Waals surface area contributed by atoms with Crippen LogP contribution in [0.15, 0.2) is 67.2 Å². The van der Waals surface area contributed by atoms with Crippen LogP contribution in [0.5, 0.6) is 5.75 Å². The monoisotopic (exact) mass is 624 g/mol. The molecule has 0 aliphatic rings. The van der Waals surface area contributed by atoms with E-state index in [4.69, 9.17) is 9.29 Å². The first kappa shape index (κ1) is 32.0. The zero-order valence-electron chi connectivity index (χ0n) is 21.9. The summed E-state index contributed by atoms with van der Waals surface area (Å²) in [5, 5.41) is 25.4. The van der Waals surface area contributed by atoms with E-state index in [1.54, 1.807) is 25.1 Å². The number of nitrogens with one attached hydrogen (secondary N) is 2. The largest absolute Gasteiger partial charge is 0.495 e. The molecule has 224 valence electrons. The number of carbonyl (C=O) groups is 1. The minimum Gasteiger partial charge on any atom is -0.495 e. The number of anilines is 2. The fourth-order valence-electron chi connectivity index (χ4n) is 3.49. The van der Waals surface area contributed by atoms with E-state index in [0.29, 0.717) is 17.5 Å². The van der Waals surface area contributed by atoms with E-state index < -0.39 is 72.3 Å². The maximum absolute atomic E-state index is 13.2. The van der Waals surface area contributed by atoms with Crippen LogP contribution in [0.2, 0.25) is 0 Å². The number of carboxylic acid groups (broad SMARTS) is 1. The Morgan fingerprint density at radius 3 is 2.24 bits per heavy atom. The zero-order valence-corrected chi connectivity index (χ0v) is 23.5. The van der Waals surface area contributed by atoms with Gasteiger partial charge >= 0.3 is 16.4 Å². The molecule has 0 amide bonds. The summed E-state index contributed by atoms with van der Waals surface area (Å²) in [6.07, 6.45) is 0. The molecular formula is C24H24N4O12S2. The van der Waals surface area contributed by atoms with Crippen LogP contribution >= 0.6 is 0 Å². The lowest BCUT2D eigenvalue weighted by molar-refractivity contribution is 0.0694. The molecule has 0 aromatic heterocycles. The predicted molar refractivity (Wildman–Crippen MR) is 146 cm³/mol. The lowest BCUT2D eigenvalue weighted by Gasteiger charge is -2.10. The number of aromatic carboxylic acids is 1. The molecule has 0 aliphatic heterocycles. The molecule has 0 bridgehead atoms. The average Bonchev–Trinajstić information content (AvgIpc) is 2.91. The molecule has 3 aromatic carbocycles. The SMILES string of the molecule is COc1ccc(C)cc1NN=c1c(C(=O)O)cc(=O)c(=NNc2cc(S(=O)(=O)CCOS(=O)(=O)O)ccc2CO)c1=O. The quantitative estimate of drug-likeness (QED) is 0.123. The molecular weight excluding hydrogens is 600 g/mol. The van der Waals surface area contributed by atoms with Gasteiger partial charge in [0, 0.05) is 11.6 Å². The summed E-state index contributed by atoms with van der Waals surface area (Å²) < 4.78 is 64.4. The van der Waals surface area contributed by atoms with Crippen LogP contribution in [0.25, 0.3) is 0 Å². The van der Waals surface area contributed by atoms with Crippen molar-refractivity contribution in [3.8, 4) is 5.75 Å². The molecule has 0 saturated carbocycles. The van der Waals surface area contributed by atoms with Gasteiger partial charge in [-0.25, -0.2) is 17.4 Å². The third-order valence-electron chi connectivity index (χ3n) is 5.55. The Hall–Kier alpha value is -4.49. The number of ether oxygens (including phenoxy) is 1. The van der Waals surface area contributed by atoms with Gasteiger partial charge < -0.3 is 14.9 Å². The summed E-state index contributed by atoms with van der Waals surface area (Å²) in [6, 6.07) is 8.91. The molecule has 0 atom stereocenters. The van der Waals surface area contributed by atoms with E-state index in [1.165, 1.54) is 13.2 Å². The average molecular weight is 625 g/mol. The third-order valence-corrected chi connectivity index (χ3v) is 7.69. The Labute approximate surface area is 237 Å². The third kappa shape index (κ3) is 7.83. The van der Waals surface area contributed by atoms with Gasteiger partial charge in [-0.2, -0.15) is 18.6 Å². The fraction of sp³-hybridized carbons (Fsp3) is 0.208. The van der Waals surface area contributed by atoms with Gasteiger partial charge in [0.25, 0.3) is 0 Å². The number of nitrogens with zero attached hydrogens (tertiary/aromatic N) is 2. The molecule has 0 saturated heterocycles. The Kier molecular flexibility index (Phi) is 9.91. The van der Waals surface area contributed by atoms with Gasteiger partial charge in [-0.05, 0) is 36.8 Å². The number of methoxy groups -OCH3 is 1. The highest BCUT2D eigenvalue weighted by Crippen LogP contribution is 2.25. The smallest absolute Gasteiger partial charge is 0.397 e. The summed E-state index contributed by atoms with van der Waals surface area (Å²) in [4.78, 5) is 37.2. The van der Waals surface area contributed by atoms with Gasteiger partial charge in [0.2, 0.25) is 10.9 Å². The normalized spacial score (nSPS) is 12.8. The van der Waals surface area contributed by atoms with Crippen molar-refractivity contribution in [2.24, 2.45) is 10.2 Å². The lowest BCUT2D eigenvalue weighted by atomic mass is 10.2.